The number of halogens is 1. The van der Waals surface area contributed by atoms with Crippen LogP contribution in [0.25, 0.3) is 0 Å². The van der Waals surface area contributed by atoms with Gasteiger partial charge in [0.15, 0.2) is 4.87 Å². The van der Waals surface area contributed by atoms with E-state index in [-0.39, 0.29) is 11.8 Å². The highest BCUT2D eigenvalue weighted by Crippen LogP contribution is 2.54. The van der Waals surface area contributed by atoms with E-state index in [4.69, 9.17) is 0 Å². The van der Waals surface area contributed by atoms with Crippen LogP contribution >= 0.6 is 11.8 Å². The Morgan fingerprint density at radius 1 is 0.967 bits per heavy atom. The molecule has 1 spiro atoms. The quantitative estimate of drug-likeness (QED) is 0.633. The van der Waals surface area contributed by atoms with Gasteiger partial charge >= 0.3 is 0 Å². The van der Waals surface area contributed by atoms with Gasteiger partial charge in [0.05, 0.1) is 12.2 Å². The number of hydrogen-bond acceptors (Lipinski definition) is 3. The number of nitrogens with zero attached hydrogens (tertiary/aromatic N) is 2. The summed E-state index contributed by atoms with van der Waals surface area (Å²) in [5.74, 6) is -0.102. The lowest BCUT2D eigenvalue weighted by Gasteiger charge is -2.33. The smallest absolute Gasteiger partial charge is 0.268 e. The number of para-hydroxylation sites is 1. The summed E-state index contributed by atoms with van der Waals surface area (Å²) in [6.45, 7) is 0.900. The molecule has 1 fully saturated rings. The Labute approximate surface area is 178 Å². The van der Waals surface area contributed by atoms with Crippen molar-refractivity contribution in [2.24, 2.45) is 0 Å². The average molecular weight is 418 g/mol. The monoisotopic (exact) mass is 418 g/mol. The number of rotatable bonds is 3. The van der Waals surface area contributed by atoms with Gasteiger partial charge in [0.25, 0.3) is 11.8 Å². The molecule has 30 heavy (non-hydrogen) atoms. The number of amides is 2. The Hall–Kier alpha value is -3.12. The first-order valence-electron chi connectivity index (χ1n) is 9.78. The Bertz CT molecular complexity index is 1120. The lowest BCUT2D eigenvalue weighted by Crippen LogP contribution is -2.50. The molecule has 0 bridgehead atoms. The predicted octanol–water partition coefficient (Wildman–Crippen LogP) is 4.41. The summed E-state index contributed by atoms with van der Waals surface area (Å²) in [4.78, 5) is 29.5. The number of thioether (sulfide) groups is 1. The molecule has 2 amide bonds. The molecule has 0 aliphatic carbocycles. The minimum Gasteiger partial charge on any atom is -0.311 e. The molecule has 0 saturated carbocycles. The molecule has 4 nitrogen and oxygen atoms in total. The number of benzene rings is 3. The summed E-state index contributed by atoms with van der Waals surface area (Å²) in [6, 6.07) is 23.0. The molecule has 1 saturated heterocycles. The van der Waals surface area contributed by atoms with E-state index in [9.17, 15) is 14.0 Å². The van der Waals surface area contributed by atoms with Crippen LogP contribution in [0.2, 0.25) is 0 Å². The van der Waals surface area contributed by atoms with Crippen LogP contribution in [-0.2, 0) is 16.2 Å². The van der Waals surface area contributed by atoms with E-state index in [1.54, 1.807) is 9.80 Å². The molecule has 5 rings (SSSR count). The molecule has 0 aromatic heterocycles. The average Bonchev–Trinajstić information content (AvgIpc) is 3.32. The Morgan fingerprint density at radius 2 is 1.67 bits per heavy atom. The fourth-order valence-corrected chi connectivity index (χ4v) is 5.70. The number of fused-ring (bicyclic) bond motifs is 2. The number of carbonyl (C=O) groups excluding carboxylic acids is 2. The molecule has 0 radical (unpaired) electrons. The van der Waals surface area contributed by atoms with E-state index in [1.807, 2.05) is 54.6 Å². The van der Waals surface area contributed by atoms with Crippen molar-refractivity contribution in [1.82, 2.24) is 4.90 Å². The standard InChI is InChI=1S/C24H19FN2O2S/c25-19-12-10-18(11-13-19)22(28)27-14-15-30-24(27)20-8-4-5-9-21(20)26(23(24)29)16-17-6-2-1-3-7-17/h1-13H,14-16H2/t24-/m1/s1. The van der Waals surface area contributed by atoms with Gasteiger partial charge in [-0.1, -0.05) is 48.5 Å². The summed E-state index contributed by atoms with van der Waals surface area (Å²) in [7, 11) is 0. The first-order chi connectivity index (χ1) is 14.6. The molecular formula is C24H19FN2O2S. The van der Waals surface area contributed by atoms with Crippen molar-refractivity contribution >= 4 is 29.3 Å². The Kier molecular flexibility index (Phi) is 4.59. The van der Waals surface area contributed by atoms with Crippen LogP contribution in [0.4, 0.5) is 10.1 Å². The molecule has 3 aromatic carbocycles. The molecular weight excluding hydrogens is 399 g/mol. The van der Waals surface area contributed by atoms with Gasteiger partial charge in [-0.05, 0) is 35.9 Å². The highest BCUT2D eigenvalue weighted by molar-refractivity contribution is 8.01. The molecule has 6 heteroatoms. The maximum Gasteiger partial charge on any atom is 0.268 e. The lowest BCUT2D eigenvalue weighted by molar-refractivity contribution is -0.123. The number of hydrogen-bond donors (Lipinski definition) is 0. The van der Waals surface area contributed by atoms with Crippen molar-refractivity contribution in [3.05, 3.63) is 101 Å². The number of carbonyl (C=O) groups is 2. The van der Waals surface area contributed by atoms with Crippen LogP contribution in [0.1, 0.15) is 21.5 Å². The molecule has 2 heterocycles. The third-order valence-corrected chi connectivity index (χ3v) is 7.04. The van der Waals surface area contributed by atoms with Crippen LogP contribution in [0.5, 0.6) is 0 Å². The van der Waals surface area contributed by atoms with Crippen LogP contribution in [0.3, 0.4) is 0 Å². The molecule has 3 aromatic rings. The zero-order valence-corrected chi connectivity index (χ0v) is 16.9. The fourth-order valence-electron chi connectivity index (χ4n) is 4.24. The van der Waals surface area contributed by atoms with Crippen LogP contribution < -0.4 is 4.90 Å². The zero-order valence-electron chi connectivity index (χ0n) is 16.1. The van der Waals surface area contributed by atoms with Crippen molar-refractivity contribution in [1.29, 1.82) is 0 Å². The van der Waals surface area contributed by atoms with Crippen molar-refractivity contribution in [2.45, 2.75) is 11.4 Å². The maximum atomic E-state index is 13.8. The lowest BCUT2D eigenvalue weighted by atomic mass is 10.0. The van der Waals surface area contributed by atoms with Gasteiger partial charge < -0.3 is 9.80 Å². The van der Waals surface area contributed by atoms with Crippen LogP contribution in [0, 0.1) is 5.82 Å². The second-order valence-electron chi connectivity index (χ2n) is 7.35. The van der Waals surface area contributed by atoms with Gasteiger partial charge in [0, 0.05) is 23.4 Å². The van der Waals surface area contributed by atoms with Gasteiger partial charge in [0.2, 0.25) is 0 Å². The number of anilines is 1. The van der Waals surface area contributed by atoms with Crippen LogP contribution in [0.15, 0.2) is 78.9 Å². The second kappa shape index (κ2) is 7.29. The molecule has 150 valence electrons. The SMILES string of the molecule is O=C(c1ccc(F)cc1)N1CCS[C@]12C(=O)N(Cc1ccccc1)c1ccccc12. The van der Waals surface area contributed by atoms with Gasteiger partial charge in [-0.25, -0.2) is 4.39 Å². The van der Waals surface area contributed by atoms with E-state index in [0.29, 0.717) is 24.4 Å². The van der Waals surface area contributed by atoms with E-state index in [1.165, 1.54) is 36.0 Å². The third-order valence-electron chi connectivity index (χ3n) is 5.62. The predicted molar refractivity (Wildman–Crippen MR) is 116 cm³/mol. The maximum absolute atomic E-state index is 13.8. The van der Waals surface area contributed by atoms with Crippen molar-refractivity contribution in [3.63, 3.8) is 0 Å². The fraction of sp³-hybridized carbons (Fsp3) is 0.167. The van der Waals surface area contributed by atoms with E-state index >= 15 is 0 Å². The summed E-state index contributed by atoms with van der Waals surface area (Å²) in [6.07, 6.45) is 0. The van der Waals surface area contributed by atoms with E-state index in [0.717, 1.165) is 16.8 Å². The highest BCUT2D eigenvalue weighted by Gasteiger charge is 2.59. The van der Waals surface area contributed by atoms with Crippen molar-refractivity contribution < 1.29 is 14.0 Å². The summed E-state index contributed by atoms with van der Waals surface area (Å²) in [5, 5.41) is 0. The first kappa shape index (κ1) is 18.9. The summed E-state index contributed by atoms with van der Waals surface area (Å²) < 4.78 is 13.3. The molecule has 0 N–H and O–H groups in total. The van der Waals surface area contributed by atoms with Crippen molar-refractivity contribution in [3.8, 4) is 0 Å². The molecule has 0 unspecified atom stereocenters. The minimum absolute atomic E-state index is 0.106. The zero-order chi connectivity index (χ0) is 20.7. The second-order valence-corrected chi connectivity index (χ2v) is 8.64. The first-order valence-corrected chi connectivity index (χ1v) is 10.8. The molecule has 2 aliphatic heterocycles. The largest absolute Gasteiger partial charge is 0.311 e. The minimum atomic E-state index is -1.09. The van der Waals surface area contributed by atoms with Gasteiger partial charge in [-0.2, -0.15) is 0 Å². The normalized spacial score (nSPS) is 20.1. The van der Waals surface area contributed by atoms with E-state index < -0.39 is 10.7 Å². The molecule has 2 aliphatic rings. The Morgan fingerprint density at radius 3 is 2.43 bits per heavy atom. The van der Waals surface area contributed by atoms with E-state index in [2.05, 4.69) is 0 Å². The third kappa shape index (κ3) is 2.82. The van der Waals surface area contributed by atoms with Gasteiger partial charge in [-0.3, -0.25) is 9.59 Å². The summed E-state index contributed by atoms with van der Waals surface area (Å²) in [5.41, 5.74) is 3.07. The van der Waals surface area contributed by atoms with Crippen molar-refractivity contribution in [2.75, 3.05) is 17.2 Å². The summed E-state index contributed by atoms with van der Waals surface area (Å²) >= 11 is 1.49. The molecule has 1 atom stereocenters. The topological polar surface area (TPSA) is 40.6 Å². The van der Waals surface area contributed by atoms with Gasteiger partial charge in [-0.15, -0.1) is 11.8 Å². The van der Waals surface area contributed by atoms with Gasteiger partial charge in [0.1, 0.15) is 5.82 Å². The Balaban J connectivity index is 1.57. The van der Waals surface area contributed by atoms with Crippen LogP contribution in [-0.4, -0.2) is 29.0 Å². The highest BCUT2D eigenvalue weighted by atomic mass is 32.2.